The van der Waals surface area contributed by atoms with Gasteiger partial charge in [0.15, 0.2) is 0 Å². The fourth-order valence-electron chi connectivity index (χ4n) is 2.14. The van der Waals surface area contributed by atoms with Crippen molar-refractivity contribution in [3.63, 3.8) is 0 Å². The molecule has 0 bridgehead atoms. The first kappa shape index (κ1) is 15.1. The molecule has 0 saturated carbocycles. The number of aromatic amines is 1. The fraction of sp³-hybridized carbons (Fsp3) is 0.0667. The second kappa shape index (κ2) is 5.41. The lowest BCUT2D eigenvalue weighted by molar-refractivity contribution is -0.274. The van der Waals surface area contributed by atoms with E-state index in [4.69, 9.17) is 23.2 Å². The van der Waals surface area contributed by atoms with Crippen molar-refractivity contribution in [2.24, 2.45) is 0 Å². The van der Waals surface area contributed by atoms with Crippen LogP contribution in [0.5, 0.6) is 5.75 Å². The third-order valence-corrected chi connectivity index (χ3v) is 3.76. The van der Waals surface area contributed by atoms with Crippen molar-refractivity contribution < 1.29 is 17.9 Å². The number of nitrogens with one attached hydrogen (secondary N) is 1. The molecule has 1 heterocycles. The molecule has 1 aromatic heterocycles. The van der Waals surface area contributed by atoms with Crippen molar-refractivity contribution in [2.45, 2.75) is 6.36 Å². The SMILES string of the molecule is FC(F)(F)Oc1cccc(-c2cc3cc(Cl)c(Cl)cc3[nH]2)c1. The van der Waals surface area contributed by atoms with Gasteiger partial charge in [0.25, 0.3) is 0 Å². The van der Waals surface area contributed by atoms with Crippen LogP contribution in [0.2, 0.25) is 10.0 Å². The van der Waals surface area contributed by atoms with E-state index in [1.54, 1.807) is 24.3 Å². The Balaban J connectivity index is 2.02. The lowest BCUT2D eigenvalue weighted by Gasteiger charge is -2.09. The van der Waals surface area contributed by atoms with E-state index in [9.17, 15) is 13.2 Å². The van der Waals surface area contributed by atoms with Crippen LogP contribution in [0.3, 0.4) is 0 Å². The minimum absolute atomic E-state index is 0.278. The van der Waals surface area contributed by atoms with Gasteiger partial charge in [-0.1, -0.05) is 35.3 Å². The molecule has 0 fully saturated rings. The molecule has 0 saturated heterocycles. The predicted octanol–water partition coefficient (Wildman–Crippen LogP) is 6.04. The molecule has 7 heteroatoms. The largest absolute Gasteiger partial charge is 0.573 e. The smallest absolute Gasteiger partial charge is 0.406 e. The van der Waals surface area contributed by atoms with E-state index in [0.29, 0.717) is 21.3 Å². The fourth-order valence-corrected chi connectivity index (χ4v) is 2.48. The molecule has 22 heavy (non-hydrogen) atoms. The van der Waals surface area contributed by atoms with Crippen LogP contribution in [0, 0.1) is 0 Å². The van der Waals surface area contributed by atoms with E-state index in [-0.39, 0.29) is 5.75 Å². The number of benzene rings is 2. The number of aromatic nitrogens is 1. The highest BCUT2D eigenvalue weighted by molar-refractivity contribution is 6.42. The summed E-state index contributed by atoms with van der Waals surface area (Å²) in [4.78, 5) is 3.09. The van der Waals surface area contributed by atoms with Crippen LogP contribution in [0.25, 0.3) is 22.2 Å². The normalized spacial score (nSPS) is 11.9. The van der Waals surface area contributed by atoms with Crippen LogP contribution in [0.4, 0.5) is 13.2 Å². The van der Waals surface area contributed by atoms with E-state index in [1.165, 1.54) is 18.2 Å². The molecular formula is C15H8Cl2F3NO. The summed E-state index contributed by atoms with van der Waals surface area (Å²) in [6, 6.07) is 10.9. The maximum absolute atomic E-state index is 12.3. The summed E-state index contributed by atoms with van der Waals surface area (Å²) in [5.74, 6) is -0.278. The molecule has 114 valence electrons. The number of rotatable bonds is 2. The third-order valence-electron chi connectivity index (χ3n) is 3.04. The minimum atomic E-state index is -4.72. The number of H-pyrrole nitrogens is 1. The van der Waals surface area contributed by atoms with Gasteiger partial charge in [0.1, 0.15) is 5.75 Å². The molecule has 0 spiro atoms. The topological polar surface area (TPSA) is 25.0 Å². The van der Waals surface area contributed by atoms with Crippen molar-refractivity contribution in [2.75, 3.05) is 0 Å². The number of ether oxygens (including phenoxy) is 1. The molecule has 0 radical (unpaired) electrons. The molecule has 0 aliphatic heterocycles. The average Bonchev–Trinajstić information content (AvgIpc) is 2.80. The second-order valence-electron chi connectivity index (χ2n) is 4.61. The molecule has 2 nitrogen and oxygen atoms in total. The summed E-state index contributed by atoms with van der Waals surface area (Å²) in [5.41, 5.74) is 1.94. The van der Waals surface area contributed by atoms with Crippen LogP contribution in [0.15, 0.2) is 42.5 Å². The minimum Gasteiger partial charge on any atom is -0.406 e. The zero-order valence-electron chi connectivity index (χ0n) is 10.8. The second-order valence-corrected chi connectivity index (χ2v) is 5.43. The molecule has 1 N–H and O–H groups in total. The lowest BCUT2D eigenvalue weighted by atomic mass is 10.1. The Morgan fingerprint density at radius 1 is 0.955 bits per heavy atom. The van der Waals surface area contributed by atoms with Crippen LogP contribution < -0.4 is 4.74 Å². The first-order valence-corrected chi connectivity index (χ1v) is 6.91. The quantitative estimate of drug-likeness (QED) is 0.601. The summed E-state index contributed by atoms with van der Waals surface area (Å²) < 4.78 is 40.7. The van der Waals surface area contributed by atoms with Gasteiger partial charge < -0.3 is 9.72 Å². The Labute approximate surface area is 133 Å². The van der Waals surface area contributed by atoms with E-state index in [2.05, 4.69) is 9.72 Å². The first-order chi connectivity index (χ1) is 10.3. The molecule has 2 aromatic carbocycles. The van der Waals surface area contributed by atoms with Gasteiger partial charge in [-0.3, -0.25) is 0 Å². The van der Waals surface area contributed by atoms with Gasteiger partial charge in [0.2, 0.25) is 0 Å². The molecule has 0 amide bonds. The molecule has 0 aliphatic rings. The number of halogens is 5. The monoisotopic (exact) mass is 345 g/mol. The number of hydrogen-bond donors (Lipinski definition) is 1. The predicted molar refractivity (Wildman–Crippen MR) is 80.4 cm³/mol. The summed E-state index contributed by atoms with van der Waals surface area (Å²) in [6.07, 6.45) is -4.72. The van der Waals surface area contributed by atoms with Crippen LogP contribution in [-0.2, 0) is 0 Å². The van der Waals surface area contributed by atoms with Crippen LogP contribution in [0.1, 0.15) is 0 Å². The summed E-state index contributed by atoms with van der Waals surface area (Å²) in [5, 5.41) is 1.62. The zero-order chi connectivity index (χ0) is 15.9. The van der Waals surface area contributed by atoms with E-state index < -0.39 is 6.36 Å². The van der Waals surface area contributed by atoms with Gasteiger partial charge in [-0.15, -0.1) is 13.2 Å². The number of hydrogen-bond acceptors (Lipinski definition) is 1. The van der Waals surface area contributed by atoms with Crippen LogP contribution >= 0.6 is 23.2 Å². The van der Waals surface area contributed by atoms with Gasteiger partial charge in [-0.25, -0.2) is 0 Å². The third kappa shape index (κ3) is 3.15. The Bertz CT molecular complexity index is 803. The highest BCUT2D eigenvalue weighted by Crippen LogP contribution is 2.32. The average molecular weight is 346 g/mol. The van der Waals surface area contributed by atoms with Gasteiger partial charge in [0.05, 0.1) is 10.0 Å². The van der Waals surface area contributed by atoms with Gasteiger partial charge in [0, 0.05) is 22.2 Å². The maximum atomic E-state index is 12.3. The number of fused-ring (bicyclic) bond motifs is 1. The summed E-state index contributed by atoms with van der Waals surface area (Å²) in [7, 11) is 0. The zero-order valence-corrected chi connectivity index (χ0v) is 12.4. The molecule has 0 aliphatic carbocycles. The van der Waals surface area contributed by atoms with Gasteiger partial charge >= 0.3 is 6.36 Å². The molecule has 0 unspecified atom stereocenters. The van der Waals surface area contributed by atoms with Crippen molar-refractivity contribution in [1.29, 1.82) is 0 Å². The maximum Gasteiger partial charge on any atom is 0.573 e. The highest BCUT2D eigenvalue weighted by atomic mass is 35.5. The van der Waals surface area contributed by atoms with Crippen molar-refractivity contribution in [3.05, 3.63) is 52.5 Å². The van der Waals surface area contributed by atoms with Crippen molar-refractivity contribution in [1.82, 2.24) is 4.98 Å². The molecule has 3 aromatic rings. The Morgan fingerprint density at radius 3 is 2.41 bits per heavy atom. The van der Waals surface area contributed by atoms with E-state index >= 15 is 0 Å². The standard InChI is InChI=1S/C15H8Cl2F3NO/c16-11-5-9-6-13(21-14(9)7-12(11)17)8-2-1-3-10(4-8)22-15(18,19)20/h1-7,21H. The Hall–Kier alpha value is -1.85. The van der Waals surface area contributed by atoms with Gasteiger partial charge in [-0.2, -0.15) is 0 Å². The molecule has 0 atom stereocenters. The van der Waals surface area contributed by atoms with Gasteiger partial charge in [-0.05, 0) is 30.3 Å². The molecule has 3 rings (SSSR count). The van der Waals surface area contributed by atoms with Crippen molar-refractivity contribution in [3.8, 4) is 17.0 Å². The van der Waals surface area contributed by atoms with Crippen LogP contribution in [-0.4, -0.2) is 11.3 Å². The summed E-state index contributed by atoms with van der Waals surface area (Å²) >= 11 is 11.9. The lowest BCUT2D eigenvalue weighted by Crippen LogP contribution is -2.17. The number of alkyl halides is 3. The van der Waals surface area contributed by atoms with E-state index in [0.717, 1.165) is 10.9 Å². The van der Waals surface area contributed by atoms with E-state index in [1.807, 2.05) is 0 Å². The highest BCUT2D eigenvalue weighted by Gasteiger charge is 2.31. The first-order valence-electron chi connectivity index (χ1n) is 6.16. The molecular weight excluding hydrogens is 338 g/mol. The Morgan fingerprint density at radius 2 is 1.68 bits per heavy atom. The Kier molecular flexibility index (Phi) is 3.70. The summed E-state index contributed by atoms with van der Waals surface area (Å²) in [6.45, 7) is 0. The van der Waals surface area contributed by atoms with Crippen molar-refractivity contribution >= 4 is 34.1 Å².